The van der Waals surface area contributed by atoms with Gasteiger partial charge >= 0.3 is 0 Å². The van der Waals surface area contributed by atoms with Gasteiger partial charge in [0.15, 0.2) is 0 Å². The number of para-hydroxylation sites is 2. The van der Waals surface area contributed by atoms with Crippen molar-refractivity contribution in [1.82, 2.24) is 20.2 Å². The molecular weight excluding hydrogens is 368 g/mol. The van der Waals surface area contributed by atoms with Gasteiger partial charge in [-0.2, -0.15) is 0 Å². The summed E-state index contributed by atoms with van der Waals surface area (Å²) in [7, 11) is 4.00. The standard InChI is InChI=1S/C21H28N6O2/c1-25(2)14-16-15-27(18-6-3-4-7-19(18)29-16)21(28)17-12-24-20(13-23-17)26-10-5-8-22-9-11-26/h3-4,6-7,12-13,16,22H,5,8-11,14-15H2,1-2H3. The highest BCUT2D eigenvalue weighted by Crippen LogP contribution is 2.34. The van der Waals surface area contributed by atoms with Crippen LogP contribution in [0.1, 0.15) is 16.9 Å². The van der Waals surface area contributed by atoms with Gasteiger partial charge in [0.25, 0.3) is 5.91 Å². The number of ether oxygens (including phenoxy) is 1. The Morgan fingerprint density at radius 3 is 2.86 bits per heavy atom. The van der Waals surface area contributed by atoms with Crippen molar-refractivity contribution in [2.24, 2.45) is 0 Å². The average Bonchev–Trinajstić information content (AvgIpc) is 3.02. The number of hydrogen-bond donors (Lipinski definition) is 1. The van der Waals surface area contributed by atoms with E-state index >= 15 is 0 Å². The summed E-state index contributed by atoms with van der Waals surface area (Å²) >= 11 is 0. The van der Waals surface area contributed by atoms with E-state index in [2.05, 4.69) is 25.1 Å². The number of carbonyl (C=O) groups is 1. The molecule has 2 aliphatic rings. The quantitative estimate of drug-likeness (QED) is 0.834. The molecule has 2 aromatic rings. The lowest BCUT2D eigenvalue weighted by Gasteiger charge is -2.35. The number of benzene rings is 1. The first-order chi connectivity index (χ1) is 14.1. The van der Waals surface area contributed by atoms with Crippen LogP contribution in [0.3, 0.4) is 0 Å². The minimum Gasteiger partial charge on any atom is -0.485 e. The Morgan fingerprint density at radius 2 is 2.07 bits per heavy atom. The van der Waals surface area contributed by atoms with Crippen LogP contribution in [0.25, 0.3) is 0 Å². The van der Waals surface area contributed by atoms with E-state index in [9.17, 15) is 4.79 Å². The summed E-state index contributed by atoms with van der Waals surface area (Å²) in [5.74, 6) is 1.39. The molecule has 2 aliphatic heterocycles. The maximum atomic E-state index is 13.3. The lowest BCUT2D eigenvalue weighted by molar-refractivity contribution is 0.0936. The minimum atomic E-state index is -0.152. The molecule has 1 fully saturated rings. The number of carbonyl (C=O) groups excluding carboxylic acids is 1. The molecule has 3 heterocycles. The van der Waals surface area contributed by atoms with E-state index in [4.69, 9.17) is 4.74 Å². The largest absolute Gasteiger partial charge is 0.485 e. The molecule has 1 amide bonds. The number of amides is 1. The fraction of sp³-hybridized carbons (Fsp3) is 0.476. The summed E-state index contributed by atoms with van der Waals surface area (Å²) in [6, 6.07) is 7.64. The lowest BCUT2D eigenvalue weighted by Crippen LogP contribution is -2.47. The van der Waals surface area contributed by atoms with Crippen molar-refractivity contribution >= 4 is 17.4 Å². The highest BCUT2D eigenvalue weighted by atomic mass is 16.5. The summed E-state index contributed by atoms with van der Waals surface area (Å²) < 4.78 is 6.09. The van der Waals surface area contributed by atoms with Gasteiger partial charge in [-0.15, -0.1) is 0 Å². The van der Waals surface area contributed by atoms with Crippen molar-refractivity contribution in [3.63, 3.8) is 0 Å². The molecule has 1 atom stereocenters. The van der Waals surface area contributed by atoms with Crippen LogP contribution < -0.4 is 19.9 Å². The Labute approximate surface area is 171 Å². The van der Waals surface area contributed by atoms with Gasteiger partial charge in [0.1, 0.15) is 23.4 Å². The Kier molecular flexibility index (Phi) is 5.92. The molecule has 1 aromatic heterocycles. The summed E-state index contributed by atoms with van der Waals surface area (Å²) in [4.78, 5) is 28.3. The molecule has 0 radical (unpaired) electrons. The number of nitrogens with zero attached hydrogens (tertiary/aromatic N) is 5. The van der Waals surface area contributed by atoms with E-state index in [0.717, 1.165) is 56.4 Å². The Balaban J connectivity index is 1.54. The van der Waals surface area contributed by atoms with E-state index in [0.29, 0.717) is 12.2 Å². The molecule has 1 unspecified atom stereocenters. The summed E-state index contributed by atoms with van der Waals surface area (Å²) in [5.41, 5.74) is 1.12. The molecule has 1 aromatic carbocycles. The summed E-state index contributed by atoms with van der Waals surface area (Å²) in [6.07, 6.45) is 4.28. The number of aromatic nitrogens is 2. The van der Waals surface area contributed by atoms with Crippen molar-refractivity contribution < 1.29 is 9.53 Å². The number of likely N-dealkylation sites (N-methyl/N-ethyl adjacent to an activating group) is 1. The molecule has 0 saturated carbocycles. The van der Waals surface area contributed by atoms with E-state index < -0.39 is 0 Å². The highest BCUT2D eigenvalue weighted by Gasteiger charge is 2.31. The summed E-state index contributed by atoms with van der Waals surface area (Å²) in [6.45, 7) is 5.00. The lowest BCUT2D eigenvalue weighted by atomic mass is 10.1. The maximum Gasteiger partial charge on any atom is 0.278 e. The smallest absolute Gasteiger partial charge is 0.278 e. The number of fused-ring (bicyclic) bond motifs is 1. The first-order valence-electron chi connectivity index (χ1n) is 10.1. The highest BCUT2D eigenvalue weighted by molar-refractivity contribution is 6.05. The van der Waals surface area contributed by atoms with Crippen LogP contribution in [-0.2, 0) is 0 Å². The van der Waals surface area contributed by atoms with Crippen LogP contribution in [0.5, 0.6) is 5.75 Å². The Bertz CT molecular complexity index is 833. The SMILES string of the molecule is CN(C)CC1CN(C(=O)c2cnc(N3CCCNCC3)cn2)c2ccccc2O1. The third-order valence-corrected chi connectivity index (χ3v) is 5.17. The van der Waals surface area contributed by atoms with Gasteiger partial charge in [0.2, 0.25) is 0 Å². The third-order valence-electron chi connectivity index (χ3n) is 5.17. The molecule has 1 saturated heterocycles. The van der Waals surface area contributed by atoms with Crippen molar-refractivity contribution in [3.8, 4) is 5.75 Å². The van der Waals surface area contributed by atoms with Crippen LogP contribution >= 0.6 is 0 Å². The van der Waals surface area contributed by atoms with Crippen molar-refractivity contribution in [1.29, 1.82) is 0 Å². The number of rotatable bonds is 4. The van der Waals surface area contributed by atoms with Gasteiger partial charge in [-0.25, -0.2) is 9.97 Å². The van der Waals surface area contributed by atoms with Gasteiger partial charge in [0.05, 0.1) is 24.6 Å². The molecule has 8 nitrogen and oxygen atoms in total. The number of nitrogens with one attached hydrogen (secondary N) is 1. The zero-order valence-corrected chi connectivity index (χ0v) is 17.0. The first-order valence-corrected chi connectivity index (χ1v) is 10.1. The molecule has 0 bridgehead atoms. The van der Waals surface area contributed by atoms with Crippen LogP contribution in [0.2, 0.25) is 0 Å². The fourth-order valence-corrected chi connectivity index (χ4v) is 3.80. The van der Waals surface area contributed by atoms with Crippen LogP contribution in [0, 0.1) is 0 Å². The molecule has 1 N–H and O–H groups in total. The van der Waals surface area contributed by atoms with Gasteiger partial charge in [-0.1, -0.05) is 12.1 Å². The predicted octanol–water partition coefficient (Wildman–Crippen LogP) is 1.25. The average molecular weight is 396 g/mol. The fourth-order valence-electron chi connectivity index (χ4n) is 3.80. The van der Waals surface area contributed by atoms with E-state index in [-0.39, 0.29) is 12.0 Å². The molecule has 154 valence electrons. The summed E-state index contributed by atoms with van der Waals surface area (Å²) in [5, 5.41) is 3.38. The first kappa shape index (κ1) is 19.6. The molecular formula is C21H28N6O2. The second-order valence-corrected chi connectivity index (χ2v) is 7.74. The zero-order chi connectivity index (χ0) is 20.2. The zero-order valence-electron chi connectivity index (χ0n) is 17.0. The van der Waals surface area contributed by atoms with E-state index in [1.54, 1.807) is 17.3 Å². The van der Waals surface area contributed by atoms with Crippen molar-refractivity contribution in [3.05, 3.63) is 42.4 Å². The van der Waals surface area contributed by atoms with E-state index in [1.165, 1.54) is 0 Å². The minimum absolute atomic E-state index is 0.0966. The van der Waals surface area contributed by atoms with Crippen LogP contribution in [-0.4, -0.2) is 80.2 Å². The van der Waals surface area contributed by atoms with Crippen LogP contribution in [0.4, 0.5) is 11.5 Å². The number of anilines is 2. The van der Waals surface area contributed by atoms with Crippen molar-refractivity contribution in [2.45, 2.75) is 12.5 Å². The monoisotopic (exact) mass is 396 g/mol. The Hall–Kier alpha value is -2.71. The van der Waals surface area contributed by atoms with Crippen molar-refractivity contribution in [2.75, 3.05) is 63.2 Å². The molecule has 29 heavy (non-hydrogen) atoms. The molecule has 0 aliphatic carbocycles. The maximum absolute atomic E-state index is 13.3. The number of hydrogen-bond acceptors (Lipinski definition) is 7. The second-order valence-electron chi connectivity index (χ2n) is 7.74. The third kappa shape index (κ3) is 4.49. The second kappa shape index (κ2) is 8.75. The predicted molar refractivity (Wildman–Crippen MR) is 113 cm³/mol. The van der Waals surface area contributed by atoms with Gasteiger partial charge < -0.3 is 19.9 Å². The molecule has 4 rings (SSSR count). The Morgan fingerprint density at radius 1 is 1.21 bits per heavy atom. The molecule has 0 spiro atoms. The van der Waals surface area contributed by atoms with Gasteiger partial charge in [0, 0.05) is 26.2 Å². The topological polar surface area (TPSA) is 73.8 Å². The van der Waals surface area contributed by atoms with Gasteiger partial charge in [-0.3, -0.25) is 9.69 Å². The van der Waals surface area contributed by atoms with Gasteiger partial charge in [-0.05, 0) is 39.2 Å². The van der Waals surface area contributed by atoms with E-state index in [1.807, 2.05) is 38.4 Å². The van der Waals surface area contributed by atoms with Crippen LogP contribution in [0.15, 0.2) is 36.7 Å². The molecule has 8 heteroatoms. The normalized spacial score (nSPS) is 19.5.